The molecular weight excluding hydrogens is 671 g/mol. The minimum atomic E-state index is 0.569. The third kappa shape index (κ3) is 4.45. The molecule has 0 saturated heterocycles. The molecule has 0 fully saturated rings. The minimum Gasteiger partial charge on any atom is -0.311 e. The lowest BCUT2D eigenvalue weighted by molar-refractivity contribution is 1.16. The van der Waals surface area contributed by atoms with Crippen LogP contribution in [0.15, 0.2) is 176 Å². The fourth-order valence-electron chi connectivity index (χ4n) is 8.77. The predicted molar refractivity (Wildman–Crippen MR) is 227 cm³/mol. The molecule has 0 unspecified atom stereocenters. The molecule has 8 aromatic carbocycles. The number of hydrogen-bond donors (Lipinski definition) is 0. The van der Waals surface area contributed by atoms with Crippen molar-refractivity contribution in [3.05, 3.63) is 199 Å². The number of hydrogen-bond acceptors (Lipinski definition) is 0. The Labute approximate surface area is 316 Å². The monoisotopic (exact) mass is 699 g/mol. The minimum absolute atomic E-state index is 0.569. The molecule has 0 radical (unpaired) electrons. The summed E-state index contributed by atoms with van der Waals surface area (Å²) in [6.45, 7) is 16.1. The van der Waals surface area contributed by atoms with Gasteiger partial charge in [0.05, 0.1) is 40.7 Å². The predicted octanol–water partition coefficient (Wildman–Crippen LogP) is 13.7. The van der Waals surface area contributed by atoms with Crippen molar-refractivity contribution in [1.29, 1.82) is 0 Å². The van der Waals surface area contributed by atoms with Gasteiger partial charge in [0, 0.05) is 60.5 Å². The molecule has 0 N–H and O–H groups in total. The number of aromatic nitrogens is 3. The lowest BCUT2D eigenvalue weighted by Gasteiger charge is -2.17. The van der Waals surface area contributed by atoms with Gasteiger partial charge in [0.15, 0.2) is 11.4 Å². The molecule has 55 heavy (non-hydrogen) atoms. The van der Waals surface area contributed by atoms with Crippen molar-refractivity contribution in [3.8, 4) is 28.2 Å². The van der Waals surface area contributed by atoms with E-state index in [2.05, 4.69) is 157 Å². The molecule has 0 amide bonds. The van der Waals surface area contributed by atoms with E-state index >= 15 is 0 Å². The summed E-state index contributed by atoms with van der Waals surface area (Å²) in [4.78, 5) is 7.82. The van der Waals surface area contributed by atoms with Gasteiger partial charge in [-0.3, -0.25) is 0 Å². The fourth-order valence-corrected chi connectivity index (χ4v) is 8.77. The lowest BCUT2D eigenvalue weighted by Crippen LogP contribution is -1.99. The van der Waals surface area contributed by atoms with Gasteiger partial charge in [0.1, 0.15) is 0 Å². The van der Waals surface area contributed by atoms with Crippen molar-refractivity contribution >= 4 is 76.8 Å². The van der Waals surface area contributed by atoms with Gasteiger partial charge in [-0.15, -0.1) is 0 Å². The maximum Gasteiger partial charge on any atom is 0.196 e. The summed E-state index contributed by atoms with van der Waals surface area (Å²) in [6, 6.07) is 61.3. The maximum atomic E-state index is 8.30. The SMILES string of the molecule is [C-]#[N+]c1ccc2c3ccccc3n(-c3cccc([N+]#[C-])c3-c3cccc(-n4c5ccccc5c5cc(-n6c7ccccc7c7ccccc76)ccc54)c3)c2c1. The number of para-hydroxylation sites is 4. The Bertz CT molecular complexity index is 3420. The molecular formula is C50H29N5. The highest BCUT2D eigenvalue weighted by Gasteiger charge is 2.20. The van der Waals surface area contributed by atoms with E-state index in [1.165, 1.54) is 32.6 Å². The van der Waals surface area contributed by atoms with Crippen molar-refractivity contribution in [2.45, 2.75) is 0 Å². The van der Waals surface area contributed by atoms with Gasteiger partial charge in [-0.25, -0.2) is 9.69 Å². The van der Waals surface area contributed by atoms with Gasteiger partial charge in [-0.05, 0) is 72.3 Å². The standard InChI is InChI=1S/C50H29N5/c1-51-33-25-27-40-38-17-5-10-23-46(38)55(49(40)30-33)48-24-12-19-42(52-2)50(48)32-13-11-14-34(29-32)53-45-22-9-6-18-39(45)41-31-35(26-28-47(41)53)54-43-20-7-3-15-36(43)37-16-4-8-21-44(37)54/h3-31H. The molecule has 0 atom stereocenters. The normalized spacial score (nSPS) is 11.6. The largest absolute Gasteiger partial charge is 0.311 e. The van der Waals surface area contributed by atoms with E-state index in [4.69, 9.17) is 13.1 Å². The van der Waals surface area contributed by atoms with Crippen molar-refractivity contribution < 1.29 is 0 Å². The Balaban J connectivity index is 1.14. The van der Waals surface area contributed by atoms with Crippen LogP contribution in [0.3, 0.4) is 0 Å². The third-order valence-corrected chi connectivity index (χ3v) is 11.1. The Morgan fingerprint density at radius 2 is 0.873 bits per heavy atom. The van der Waals surface area contributed by atoms with Gasteiger partial charge >= 0.3 is 0 Å². The summed E-state index contributed by atoms with van der Waals surface area (Å²) in [6.07, 6.45) is 0. The van der Waals surface area contributed by atoms with Crippen molar-refractivity contribution in [2.75, 3.05) is 0 Å². The number of benzene rings is 8. The van der Waals surface area contributed by atoms with E-state index in [0.29, 0.717) is 11.4 Å². The average molecular weight is 700 g/mol. The Hall–Kier alpha value is -7.86. The summed E-state index contributed by atoms with van der Waals surface area (Å²) in [5.74, 6) is 0. The van der Waals surface area contributed by atoms with E-state index < -0.39 is 0 Å². The summed E-state index contributed by atoms with van der Waals surface area (Å²) in [7, 11) is 0. The topological polar surface area (TPSA) is 23.5 Å². The van der Waals surface area contributed by atoms with Crippen molar-refractivity contribution in [2.24, 2.45) is 0 Å². The first-order valence-electron chi connectivity index (χ1n) is 18.3. The van der Waals surface area contributed by atoms with Crippen molar-refractivity contribution in [3.63, 3.8) is 0 Å². The van der Waals surface area contributed by atoms with E-state index in [1.807, 2.05) is 42.5 Å². The molecule has 0 aliphatic heterocycles. The molecule has 3 heterocycles. The first-order chi connectivity index (χ1) is 27.2. The van der Waals surface area contributed by atoms with Crippen LogP contribution < -0.4 is 0 Å². The molecule has 5 heteroatoms. The highest BCUT2D eigenvalue weighted by Crippen LogP contribution is 2.43. The van der Waals surface area contributed by atoms with Crippen LogP contribution in [0, 0.1) is 13.1 Å². The number of nitrogens with zero attached hydrogens (tertiary/aromatic N) is 5. The molecule has 0 saturated carbocycles. The Morgan fingerprint density at radius 3 is 1.49 bits per heavy atom. The fraction of sp³-hybridized carbons (Fsp3) is 0. The molecule has 0 bridgehead atoms. The highest BCUT2D eigenvalue weighted by atomic mass is 15.0. The Morgan fingerprint density at radius 1 is 0.345 bits per heavy atom. The Kier molecular flexibility index (Phi) is 6.61. The van der Waals surface area contributed by atoms with Gasteiger partial charge in [-0.1, -0.05) is 109 Å². The summed E-state index contributed by atoms with van der Waals surface area (Å²) >= 11 is 0. The zero-order chi connectivity index (χ0) is 36.6. The number of fused-ring (bicyclic) bond motifs is 9. The van der Waals surface area contributed by atoms with Gasteiger partial charge in [0.2, 0.25) is 0 Å². The second kappa shape index (κ2) is 11.8. The van der Waals surface area contributed by atoms with Crippen molar-refractivity contribution in [1.82, 2.24) is 13.7 Å². The van der Waals surface area contributed by atoms with Crippen LogP contribution in [0.5, 0.6) is 0 Å². The molecule has 5 nitrogen and oxygen atoms in total. The molecule has 11 rings (SSSR count). The van der Waals surface area contributed by atoms with Crippen LogP contribution in [0.4, 0.5) is 11.4 Å². The quantitative estimate of drug-likeness (QED) is 0.163. The van der Waals surface area contributed by atoms with Gasteiger partial charge in [-0.2, -0.15) is 0 Å². The van der Waals surface area contributed by atoms with Crippen LogP contribution in [-0.4, -0.2) is 13.7 Å². The van der Waals surface area contributed by atoms with Gasteiger partial charge in [0.25, 0.3) is 0 Å². The molecule has 0 spiro atoms. The summed E-state index contributed by atoms with van der Waals surface area (Å²) in [5.41, 5.74) is 12.5. The van der Waals surface area contributed by atoms with Crippen LogP contribution in [0.25, 0.3) is 103 Å². The second-order valence-corrected chi connectivity index (χ2v) is 13.9. The molecule has 254 valence electrons. The van der Waals surface area contributed by atoms with Crippen LogP contribution in [0.1, 0.15) is 0 Å². The first-order valence-corrected chi connectivity index (χ1v) is 18.3. The molecule has 3 aromatic heterocycles. The first kappa shape index (κ1) is 30.7. The summed E-state index contributed by atoms with van der Waals surface area (Å²) in [5, 5.41) is 7.00. The zero-order valence-corrected chi connectivity index (χ0v) is 29.5. The smallest absolute Gasteiger partial charge is 0.196 e. The zero-order valence-electron chi connectivity index (χ0n) is 29.5. The molecule has 0 aliphatic rings. The van der Waals surface area contributed by atoms with E-state index in [-0.39, 0.29) is 0 Å². The van der Waals surface area contributed by atoms with Crippen LogP contribution in [-0.2, 0) is 0 Å². The highest BCUT2D eigenvalue weighted by molar-refractivity contribution is 6.13. The third-order valence-electron chi connectivity index (χ3n) is 11.1. The van der Waals surface area contributed by atoms with Gasteiger partial charge < -0.3 is 13.7 Å². The van der Waals surface area contributed by atoms with E-state index in [0.717, 1.165) is 61.0 Å². The van der Waals surface area contributed by atoms with Crippen LogP contribution >= 0.6 is 0 Å². The average Bonchev–Trinajstić information content (AvgIpc) is 3.88. The number of rotatable bonds is 4. The van der Waals surface area contributed by atoms with Crippen LogP contribution in [0.2, 0.25) is 0 Å². The van der Waals surface area contributed by atoms with E-state index in [9.17, 15) is 0 Å². The van der Waals surface area contributed by atoms with E-state index in [1.54, 1.807) is 0 Å². The molecule has 0 aliphatic carbocycles. The maximum absolute atomic E-state index is 8.30. The summed E-state index contributed by atoms with van der Waals surface area (Å²) < 4.78 is 6.93. The molecule has 11 aromatic rings. The lowest BCUT2D eigenvalue weighted by atomic mass is 10.00. The second-order valence-electron chi connectivity index (χ2n) is 13.9.